The molecule has 2 N–H and O–H groups in total. The minimum absolute atomic E-state index is 0.00336. The first kappa shape index (κ1) is 32.3. The molecule has 0 aliphatic heterocycles. The van der Waals surface area contributed by atoms with Crippen molar-refractivity contribution in [3.8, 4) is 22.8 Å². The average molecular weight is 636 g/mol. The van der Waals surface area contributed by atoms with E-state index in [2.05, 4.69) is 9.72 Å². The first-order valence-electron chi connectivity index (χ1n) is 12.9. The monoisotopic (exact) mass is 635 g/mol. The summed E-state index contributed by atoms with van der Waals surface area (Å²) in [4.78, 5) is 18.0. The van der Waals surface area contributed by atoms with E-state index in [1.807, 2.05) is 0 Å². The van der Waals surface area contributed by atoms with Gasteiger partial charge in [-0.2, -0.15) is 13.2 Å². The number of aromatic nitrogens is 1. The number of hydrogen-bond donors (Lipinski definition) is 1. The van der Waals surface area contributed by atoms with Gasteiger partial charge in [0.15, 0.2) is 11.6 Å². The van der Waals surface area contributed by atoms with Crippen LogP contribution in [0.3, 0.4) is 0 Å². The number of methoxy groups -OCH3 is 3. The lowest BCUT2D eigenvalue weighted by Gasteiger charge is -2.27. The molecule has 1 aromatic heterocycles. The van der Waals surface area contributed by atoms with Crippen molar-refractivity contribution >= 4 is 29.1 Å². The summed E-state index contributed by atoms with van der Waals surface area (Å²) in [5, 5.41) is -1.11. The Bertz CT molecular complexity index is 1600. The number of rotatable bonds is 9. The number of halogens is 6. The Kier molecular flexibility index (Phi) is 9.53. The topological polar surface area (TPSA) is 86.9 Å². The molecule has 44 heavy (non-hydrogen) atoms. The van der Waals surface area contributed by atoms with E-state index in [9.17, 15) is 18.0 Å². The number of nitrogens with two attached hydrogens (primary N) is 1. The third-order valence-corrected chi connectivity index (χ3v) is 7.21. The van der Waals surface area contributed by atoms with E-state index < -0.39 is 56.9 Å². The van der Waals surface area contributed by atoms with Gasteiger partial charge in [0.25, 0.3) is 0 Å². The zero-order valence-electron chi connectivity index (χ0n) is 24.0. The summed E-state index contributed by atoms with van der Waals surface area (Å²) in [6.07, 6.45) is -5.05. The highest BCUT2D eigenvalue weighted by atomic mass is 35.5. The molecule has 0 saturated heterocycles. The fourth-order valence-corrected chi connectivity index (χ4v) is 4.93. The lowest BCUT2D eigenvalue weighted by Crippen LogP contribution is -2.25. The molecule has 0 bridgehead atoms. The van der Waals surface area contributed by atoms with Crippen molar-refractivity contribution in [2.45, 2.75) is 26.2 Å². The minimum Gasteiger partial charge on any atom is -0.497 e. The summed E-state index contributed by atoms with van der Waals surface area (Å²) in [7, 11) is 3.93. The Balaban J connectivity index is 1.96. The van der Waals surface area contributed by atoms with E-state index in [-0.39, 0.29) is 24.5 Å². The Labute approximate surface area is 254 Å². The minimum atomic E-state index is -5.05. The largest absolute Gasteiger partial charge is 0.497 e. The lowest BCUT2D eigenvalue weighted by atomic mass is 9.97. The van der Waals surface area contributed by atoms with Crippen molar-refractivity contribution in [2.75, 3.05) is 32.0 Å². The second-order valence-electron chi connectivity index (χ2n) is 9.67. The number of anilines is 2. The molecule has 13 heteroatoms. The first-order valence-corrected chi connectivity index (χ1v) is 13.3. The van der Waals surface area contributed by atoms with Gasteiger partial charge in [0.2, 0.25) is 0 Å². The van der Waals surface area contributed by atoms with Crippen LogP contribution in [0.1, 0.15) is 32.6 Å². The van der Waals surface area contributed by atoms with E-state index in [0.29, 0.717) is 11.5 Å². The molecule has 0 fully saturated rings. The maximum absolute atomic E-state index is 15.7. The van der Waals surface area contributed by atoms with Gasteiger partial charge in [-0.15, -0.1) is 0 Å². The van der Waals surface area contributed by atoms with Gasteiger partial charge in [0.1, 0.15) is 22.9 Å². The number of nitrogens with zero attached hydrogens (tertiary/aromatic N) is 2. The molecular weight excluding hydrogens is 609 g/mol. The molecule has 0 aliphatic rings. The molecule has 0 amide bonds. The maximum atomic E-state index is 15.7. The highest BCUT2D eigenvalue weighted by molar-refractivity contribution is 6.34. The van der Waals surface area contributed by atoms with Gasteiger partial charge in [-0.1, -0.05) is 35.9 Å². The lowest BCUT2D eigenvalue weighted by molar-refractivity contribution is -0.137. The van der Waals surface area contributed by atoms with Crippen LogP contribution in [0.15, 0.2) is 54.6 Å². The van der Waals surface area contributed by atoms with Crippen molar-refractivity contribution in [1.82, 2.24) is 4.98 Å². The summed E-state index contributed by atoms with van der Waals surface area (Å²) in [6.45, 7) is 1.48. The Morgan fingerprint density at radius 1 is 0.909 bits per heavy atom. The molecule has 1 heterocycles. The second kappa shape index (κ2) is 13.0. The van der Waals surface area contributed by atoms with Crippen molar-refractivity contribution in [2.24, 2.45) is 0 Å². The third kappa shape index (κ3) is 6.49. The summed E-state index contributed by atoms with van der Waals surface area (Å²) in [5.41, 5.74) is 1.38. The molecule has 0 aliphatic carbocycles. The van der Waals surface area contributed by atoms with Crippen LogP contribution in [0.2, 0.25) is 5.02 Å². The van der Waals surface area contributed by atoms with Gasteiger partial charge < -0.3 is 24.8 Å². The number of carbonyl (C=O) groups is 1. The van der Waals surface area contributed by atoms with E-state index in [1.54, 1.807) is 53.4 Å². The van der Waals surface area contributed by atoms with Crippen molar-refractivity contribution in [3.05, 3.63) is 99.1 Å². The number of hydrogen-bond acceptors (Lipinski definition) is 7. The quantitative estimate of drug-likeness (QED) is 0.0877. The van der Waals surface area contributed by atoms with E-state index in [1.165, 1.54) is 27.2 Å². The first-order chi connectivity index (χ1) is 20.8. The zero-order valence-corrected chi connectivity index (χ0v) is 24.7. The van der Waals surface area contributed by atoms with Crippen LogP contribution in [-0.4, -0.2) is 32.3 Å². The molecule has 4 rings (SSSR count). The summed E-state index contributed by atoms with van der Waals surface area (Å²) in [6, 6.07) is 15.2. The number of alkyl halides is 3. The van der Waals surface area contributed by atoms with Gasteiger partial charge in [0.05, 0.1) is 48.9 Å². The van der Waals surface area contributed by atoms with E-state index in [0.717, 1.165) is 18.2 Å². The van der Waals surface area contributed by atoms with E-state index >= 15 is 8.78 Å². The fourth-order valence-electron chi connectivity index (χ4n) is 4.66. The van der Waals surface area contributed by atoms with Gasteiger partial charge in [0, 0.05) is 13.1 Å². The van der Waals surface area contributed by atoms with Crippen LogP contribution in [0.5, 0.6) is 11.5 Å². The molecule has 0 unspecified atom stereocenters. The Morgan fingerprint density at radius 3 is 1.84 bits per heavy atom. The second-order valence-corrected chi connectivity index (χ2v) is 10.0. The Hall–Kier alpha value is -4.58. The van der Waals surface area contributed by atoms with Crippen molar-refractivity contribution in [1.29, 1.82) is 0 Å². The van der Waals surface area contributed by atoms with Crippen molar-refractivity contribution < 1.29 is 41.0 Å². The highest BCUT2D eigenvalue weighted by Crippen LogP contribution is 2.45. The predicted molar refractivity (Wildman–Crippen MR) is 156 cm³/mol. The number of pyridine rings is 1. The number of benzene rings is 3. The fraction of sp³-hybridized carbons (Fsp3) is 0.226. The smallest absolute Gasteiger partial charge is 0.418 e. The molecule has 3 aromatic carbocycles. The molecule has 4 aromatic rings. The van der Waals surface area contributed by atoms with Crippen LogP contribution < -0.4 is 20.1 Å². The van der Waals surface area contributed by atoms with Crippen molar-refractivity contribution in [3.63, 3.8) is 0 Å². The zero-order chi connectivity index (χ0) is 32.3. The predicted octanol–water partition coefficient (Wildman–Crippen LogP) is 7.60. The van der Waals surface area contributed by atoms with Gasteiger partial charge in [-0.3, -0.25) is 0 Å². The summed E-state index contributed by atoms with van der Waals surface area (Å²) < 4.78 is 89.2. The molecule has 232 valence electrons. The van der Waals surface area contributed by atoms with Crippen LogP contribution >= 0.6 is 11.6 Å². The van der Waals surface area contributed by atoms with Crippen LogP contribution in [0.4, 0.5) is 33.5 Å². The molecular formula is C31H27ClF5N3O4. The highest BCUT2D eigenvalue weighted by Gasteiger charge is 2.40. The van der Waals surface area contributed by atoms with Crippen LogP contribution in [0, 0.1) is 18.6 Å². The number of nitrogen functional groups attached to an aromatic ring is 1. The normalized spacial score (nSPS) is 11.3. The standard InChI is InChI=1S/C31H27ClF5N3O4/c1-16-13-21(40(14-17-5-9-19(42-2)10-6-17)15-18-7-11-20(43-3)12-8-18)39-29(24(16)31(35,36)37)22-25(32)26(33)23(30(41)44-4)28(38)27(22)34/h5-13H,14-15,38H2,1-4H3. The van der Waals surface area contributed by atoms with Gasteiger partial charge in [-0.05, 0) is 53.9 Å². The van der Waals surface area contributed by atoms with Gasteiger partial charge in [-0.25, -0.2) is 18.6 Å². The average Bonchev–Trinajstić information content (AvgIpc) is 2.99. The Morgan fingerprint density at radius 2 is 1.41 bits per heavy atom. The van der Waals surface area contributed by atoms with Gasteiger partial charge >= 0.3 is 12.1 Å². The summed E-state index contributed by atoms with van der Waals surface area (Å²) >= 11 is 6.11. The number of esters is 1. The molecule has 7 nitrogen and oxygen atoms in total. The molecule has 0 saturated carbocycles. The SMILES string of the molecule is COC(=O)c1c(N)c(F)c(-c2nc(N(Cc3ccc(OC)cc3)Cc3ccc(OC)cc3)cc(C)c2C(F)(F)F)c(Cl)c1F. The van der Waals surface area contributed by atoms with Crippen LogP contribution in [0.25, 0.3) is 11.3 Å². The number of aryl methyl sites for hydroxylation is 1. The molecule has 0 radical (unpaired) electrons. The van der Waals surface area contributed by atoms with Crippen LogP contribution in [-0.2, 0) is 24.0 Å². The molecule has 0 spiro atoms. The van der Waals surface area contributed by atoms with E-state index in [4.69, 9.17) is 26.8 Å². The third-order valence-electron chi connectivity index (χ3n) is 6.86. The number of ether oxygens (including phenoxy) is 3. The summed E-state index contributed by atoms with van der Waals surface area (Å²) in [5.74, 6) is -3.25. The maximum Gasteiger partial charge on any atom is 0.418 e. The number of carbonyl (C=O) groups excluding carboxylic acids is 1. The molecule has 0 atom stereocenters.